The van der Waals surface area contributed by atoms with Gasteiger partial charge in [0, 0.05) is 38.4 Å². The zero-order valence-corrected chi connectivity index (χ0v) is 13.8. The molecule has 2 aromatic rings. The van der Waals surface area contributed by atoms with Gasteiger partial charge in [-0.2, -0.15) is 0 Å². The van der Waals surface area contributed by atoms with E-state index in [-0.39, 0.29) is 5.82 Å². The topological polar surface area (TPSA) is 26.7 Å². The predicted octanol–water partition coefficient (Wildman–Crippen LogP) is 3.62. The lowest BCUT2D eigenvalue weighted by Crippen LogP contribution is -2.45. The van der Waals surface area contributed by atoms with Gasteiger partial charge in [0.25, 0.3) is 0 Å². The maximum absolute atomic E-state index is 13.3. The summed E-state index contributed by atoms with van der Waals surface area (Å²) in [6.45, 7) is 4.67. The van der Waals surface area contributed by atoms with Crippen LogP contribution in [0.5, 0.6) is 5.75 Å². The molecule has 1 heterocycles. The van der Waals surface area contributed by atoms with Crippen molar-refractivity contribution in [2.45, 2.75) is 6.54 Å². The van der Waals surface area contributed by atoms with Gasteiger partial charge in [-0.15, -0.1) is 0 Å². The van der Waals surface area contributed by atoms with E-state index in [1.807, 2.05) is 24.3 Å². The second kappa shape index (κ2) is 6.67. The molecular weight excluding hydrogens is 347 g/mol. The number of phenols is 1. The lowest BCUT2D eigenvalue weighted by atomic mass is 10.2. The molecule has 116 valence electrons. The van der Waals surface area contributed by atoms with Crippen molar-refractivity contribution in [3.63, 3.8) is 0 Å². The first kappa shape index (κ1) is 15.3. The van der Waals surface area contributed by atoms with Gasteiger partial charge in [-0.05, 0) is 57.9 Å². The summed E-state index contributed by atoms with van der Waals surface area (Å²) >= 11 is 3.23. The first-order valence-electron chi connectivity index (χ1n) is 7.32. The molecule has 0 atom stereocenters. The van der Waals surface area contributed by atoms with Crippen molar-refractivity contribution < 1.29 is 9.50 Å². The van der Waals surface area contributed by atoms with Gasteiger partial charge in [0.2, 0.25) is 0 Å². The molecule has 0 aliphatic carbocycles. The molecule has 1 aliphatic heterocycles. The fraction of sp³-hybridized carbons (Fsp3) is 0.294. The van der Waals surface area contributed by atoms with Gasteiger partial charge in [0.1, 0.15) is 11.6 Å². The Labute approximate surface area is 138 Å². The third kappa shape index (κ3) is 3.59. The molecule has 22 heavy (non-hydrogen) atoms. The molecule has 0 amide bonds. The highest BCUT2D eigenvalue weighted by molar-refractivity contribution is 9.10. The van der Waals surface area contributed by atoms with Gasteiger partial charge >= 0.3 is 0 Å². The molecule has 0 radical (unpaired) electrons. The summed E-state index contributed by atoms with van der Waals surface area (Å²) in [6.07, 6.45) is 0. The summed E-state index contributed by atoms with van der Waals surface area (Å²) in [5, 5.41) is 9.35. The first-order valence-corrected chi connectivity index (χ1v) is 8.11. The van der Waals surface area contributed by atoms with Crippen LogP contribution < -0.4 is 4.90 Å². The van der Waals surface area contributed by atoms with Gasteiger partial charge < -0.3 is 10.0 Å². The molecule has 3 nitrogen and oxygen atoms in total. The minimum Gasteiger partial charge on any atom is -0.508 e. The van der Waals surface area contributed by atoms with Crippen LogP contribution >= 0.6 is 15.9 Å². The number of phenolic OH excluding ortho intramolecular Hbond substituents is 1. The molecule has 0 saturated carbocycles. The molecule has 1 fully saturated rings. The van der Waals surface area contributed by atoms with Gasteiger partial charge in [-0.3, -0.25) is 4.90 Å². The number of anilines is 1. The molecule has 0 spiro atoms. The Morgan fingerprint density at radius 1 is 1.00 bits per heavy atom. The highest BCUT2D eigenvalue weighted by Gasteiger charge is 2.17. The van der Waals surface area contributed by atoms with E-state index in [0.29, 0.717) is 10.2 Å². The van der Waals surface area contributed by atoms with Crippen LogP contribution in [0.15, 0.2) is 46.9 Å². The van der Waals surface area contributed by atoms with Crippen LogP contribution in [0.2, 0.25) is 0 Å². The molecule has 1 saturated heterocycles. The minimum atomic E-state index is -0.221. The van der Waals surface area contributed by atoms with Gasteiger partial charge in [0.05, 0.1) is 4.47 Å². The Balaban J connectivity index is 1.57. The average molecular weight is 365 g/mol. The first-order chi connectivity index (χ1) is 10.6. The molecule has 5 heteroatoms. The normalized spacial score (nSPS) is 16.0. The largest absolute Gasteiger partial charge is 0.508 e. The van der Waals surface area contributed by atoms with Gasteiger partial charge in [0.15, 0.2) is 0 Å². The van der Waals surface area contributed by atoms with Crippen LogP contribution in [-0.2, 0) is 6.54 Å². The standard InChI is InChI=1S/C17H18BrFN2O/c18-16-11-13(1-6-17(16)19)12-20-7-9-21(10-8-20)14-2-4-15(22)5-3-14/h1-6,11,22H,7-10,12H2. The van der Waals surface area contributed by atoms with Crippen LogP contribution in [0.4, 0.5) is 10.1 Å². The summed E-state index contributed by atoms with van der Waals surface area (Å²) in [5.74, 6) is 0.0742. The van der Waals surface area contributed by atoms with E-state index in [4.69, 9.17) is 0 Å². The second-order valence-corrected chi connectivity index (χ2v) is 6.38. The predicted molar refractivity (Wildman–Crippen MR) is 89.7 cm³/mol. The quantitative estimate of drug-likeness (QED) is 0.900. The number of piperazine rings is 1. The van der Waals surface area contributed by atoms with E-state index >= 15 is 0 Å². The molecule has 1 aliphatic rings. The van der Waals surface area contributed by atoms with Crippen molar-refractivity contribution in [2.24, 2.45) is 0 Å². The Kier molecular flexibility index (Phi) is 4.64. The zero-order valence-electron chi connectivity index (χ0n) is 12.2. The van der Waals surface area contributed by atoms with Crippen molar-refractivity contribution in [3.05, 3.63) is 58.3 Å². The van der Waals surface area contributed by atoms with Gasteiger partial charge in [-0.25, -0.2) is 4.39 Å². The SMILES string of the molecule is Oc1ccc(N2CCN(Cc3ccc(F)c(Br)c3)CC2)cc1. The maximum atomic E-state index is 13.3. The smallest absolute Gasteiger partial charge is 0.137 e. The van der Waals surface area contributed by atoms with Crippen LogP contribution in [0.3, 0.4) is 0 Å². The number of rotatable bonds is 3. The number of hydrogen-bond acceptors (Lipinski definition) is 3. The van der Waals surface area contributed by atoms with Crippen molar-refractivity contribution >= 4 is 21.6 Å². The van der Waals surface area contributed by atoms with E-state index in [0.717, 1.165) is 44.0 Å². The summed E-state index contributed by atoms with van der Waals surface area (Å²) < 4.78 is 13.8. The molecule has 0 bridgehead atoms. The number of aromatic hydroxyl groups is 1. The number of halogens is 2. The van der Waals surface area contributed by atoms with Crippen molar-refractivity contribution in [1.82, 2.24) is 4.90 Å². The third-order valence-corrected chi connectivity index (χ3v) is 4.59. The Morgan fingerprint density at radius 3 is 2.32 bits per heavy atom. The van der Waals surface area contributed by atoms with E-state index in [1.165, 1.54) is 6.07 Å². The number of benzene rings is 2. The molecule has 1 N–H and O–H groups in total. The summed E-state index contributed by atoms with van der Waals surface area (Å²) in [7, 11) is 0. The minimum absolute atomic E-state index is 0.221. The van der Waals surface area contributed by atoms with E-state index in [2.05, 4.69) is 25.7 Å². The molecular formula is C17H18BrFN2O. The van der Waals surface area contributed by atoms with E-state index < -0.39 is 0 Å². The Bertz CT molecular complexity index is 640. The average Bonchev–Trinajstić information content (AvgIpc) is 2.53. The summed E-state index contributed by atoms with van der Waals surface area (Å²) in [4.78, 5) is 4.69. The van der Waals surface area contributed by atoms with Crippen molar-refractivity contribution in [2.75, 3.05) is 31.1 Å². The number of nitrogens with zero attached hydrogens (tertiary/aromatic N) is 2. The van der Waals surface area contributed by atoms with Crippen molar-refractivity contribution in [1.29, 1.82) is 0 Å². The van der Waals surface area contributed by atoms with E-state index in [1.54, 1.807) is 12.1 Å². The lowest BCUT2D eigenvalue weighted by Gasteiger charge is -2.36. The molecule has 2 aromatic carbocycles. The van der Waals surface area contributed by atoms with Crippen LogP contribution in [0.25, 0.3) is 0 Å². The van der Waals surface area contributed by atoms with Crippen molar-refractivity contribution in [3.8, 4) is 5.75 Å². The highest BCUT2D eigenvalue weighted by Crippen LogP contribution is 2.21. The van der Waals surface area contributed by atoms with Crippen LogP contribution in [-0.4, -0.2) is 36.2 Å². The second-order valence-electron chi connectivity index (χ2n) is 5.53. The Hall–Kier alpha value is -1.59. The molecule has 0 aromatic heterocycles. The van der Waals surface area contributed by atoms with Crippen LogP contribution in [0.1, 0.15) is 5.56 Å². The van der Waals surface area contributed by atoms with E-state index in [9.17, 15) is 9.50 Å². The zero-order chi connectivity index (χ0) is 15.5. The Morgan fingerprint density at radius 2 is 1.68 bits per heavy atom. The maximum Gasteiger partial charge on any atom is 0.137 e. The fourth-order valence-corrected chi connectivity index (χ4v) is 3.15. The molecule has 3 rings (SSSR count). The lowest BCUT2D eigenvalue weighted by molar-refractivity contribution is 0.249. The summed E-state index contributed by atoms with van der Waals surface area (Å²) in [6, 6.07) is 12.5. The highest BCUT2D eigenvalue weighted by atomic mass is 79.9. The molecule has 0 unspecified atom stereocenters. The van der Waals surface area contributed by atoms with Crippen LogP contribution in [0, 0.1) is 5.82 Å². The fourth-order valence-electron chi connectivity index (χ4n) is 2.72. The third-order valence-electron chi connectivity index (χ3n) is 3.98. The summed E-state index contributed by atoms with van der Waals surface area (Å²) in [5.41, 5.74) is 2.26. The number of hydrogen-bond donors (Lipinski definition) is 1. The van der Waals surface area contributed by atoms with Gasteiger partial charge in [-0.1, -0.05) is 6.07 Å². The monoisotopic (exact) mass is 364 g/mol.